The quantitative estimate of drug-likeness (QED) is 0.314. The number of benzene rings is 4. The second-order valence-corrected chi connectivity index (χ2v) is 6.17. The molecule has 112 valence electrons. The summed E-state index contributed by atoms with van der Waals surface area (Å²) in [6, 6.07) is 24.9. The Morgan fingerprint density at radius 1 is 0.417 bits per heavy atom. The number of para-hydroxylation sites is 2. The van der Waals surface area contributed by atoms with E-state index in [4.69, 9.17) is 8.83 Å². The van der Waals surface area contributed by atoms with Crippen molar-refractivity contribution in [2.45, 2.75) is 0 Å². The van der Waals surface area contributed by atoms with E-state index in [1.165, 1.54) is 5.39 Å². The zero-order chi connectivity index (χ0) is 15.7. The second-order valence-electron chi connectivity index (χ2n) is 6.17. The van der Waals surface area contributed by atoms with E-state index in [2.05, 4.69) is 36.4 Å². The SMILES string of the molecule is c1ccc2c(c1)oc1c2ccc2c1ccc1oc3ccccc3c12. The number of rotatable bonds is 0. The third kappa shape index (κ3) is 1.41. The van der Waals surface area contributed by atoms with Crippen LogP contribution in [0.3, 0.4) is 0 Å². The van der Waals surface area contributed by atoms with Crippen molar-refractivity contribution in [1.29, 1.82) is 0 Å². The van der Waals surface area contributed by atoms with E-state index in [0.29, 0.717) is 0 Å². The minimum Gasteiger partial charge on any atom is -0.456 e. The van der Waals surface area contributed by atoms with Crippen molar-refractivity contribution in [2.75, 3.05) is 0 Å². The Balaban J connectivity index is 1.90. The van der Waals surface area contributed by atoms with Gasteiger partial charge in [-0.3, -0.25) is 0 Å². The average molecular weight is 308 g/mol. The van der Waals surface area contributed by atoms with Gasteiger partial charge in [0.05, 0.1) is 0 Å². The van der Waals surface area contributed by atoms with Crippen molar-refractivity contribution in [1.82, 2.24) is 0 Å². The molecule has 0 N–H and O–H groups in total. The molecule has 2 heterocycles. The first-order valence-electron chi connectivity index (χ1n) is 8.04. The molecule has 0 aliphatic rings. The lowest BCUT2D eigenvalue weighted by Crippen LogP contribution is -1.76. The third-order valence-corrected chi connectivity index (χ3v) is 4.88. The third-order valence-electron chi connectivity index (χ3n) is 4.88. The maximum atomic E-state index is 6.17. The molecule has 0 saturated heterocycles. The largest absolute Gasteiger partial charge is 0.456 e. The van der Waals surface area contributed by atoms with E-state index in [1.807, 2.05) is 36.4 Å². The smallest absolute Gasteiger partial charge is 0.143 e. The highest BCUT2D eigenvalue weighted by molar-refractivity contribution is 6.25. The molecule has 4 aromatic carbocycles. The fourth-order valence-corrected chi connectivity index (χ4v) is 3.81. The molecule has 0 spiro atoms. The van der Waals surface area contributed by atoms with Gasteiger partial charge in [0.2, 0.25) is 0 Å². The lowest BCUT2D eigenvalue weighted by atomic mass is 10.0. The fourth-order valence-electron chi connectivity index (χ4n) is 3.81. The topological polar surface area (TPSA) is 26.3 Å². The number of fused-ring (bicyclic) bond motifs is 9. The highest BCUT2D eigenvalue weighted by Gasteiger charge is 2.14. The van der Waals surface area contributed by atoms with E-state index in [1.54, 1.807) is 0 Å². The predicted octanol–water partition coefficient (Wildman–Crippen LogP) is 6.64. The highest BCUT2D eigenvalue weighted by Crippen LogP contribution is 2.39. The first-order valence-corrected chi connectivity index (χ1v) is 8.04. The molecule has 0 saturated carbocycles. The summed E-state index contributed by atoms with van der Waals surface area (Å²) in [4.78, 5) is 0. The minimum atomic E-state index is 0.916. The lowest BCUT2D eigenvalue weighted by Gasteiger charge is -2.00. The molecular formula is C22H12O2. The normalized spacial score (nSPS) is 12.2. The molecule has 0 unspecified atom stereocenters. The summed E-state index contributed by atoms with van der Waals surface area (Å²) < 4.78 is 12.2. The summed E-state index contributed by atoms with van der Waals surface area (Å²) in [7, 11) is 0. The maximum absolute atomic E-state index is 6.17. The van der Waals surface area contributed by atoms with Gasteiger partial charge in [-0.1, -0.05) is 42.5 Å². The van der Waals surface area contributed by atoms with E-state index in [9.17, 15) is 0 Å². The van der Waals surface area contributed by atoms with Crippen LogP contribution < -0.4 is 0 Å². The Hall–Kier alpha value is -3.26. The predicted molar refractivity (Wildman–Crippen MR) is 98.5 cm³/mol. The summed E-state index contributed by atoms with van der Waals surface area (Å²) in [5, 5.41) is 6.92. The van der Waals surface area contributed by atoms with Crippen LogP contribution in [0.15, 0.2) is 81.6 Å². The van der Waals surface area contributed by atoms with Gasteiger partial charge < -0.3 is 8.83 Å². The van der Waals surface area contributed by atoms with Crippen molar-refractivity contribution >= 4 is 54.6 Å². The number of furan rings is 2. The zero-order valence-corrected chi connectivity index (χ0v) is 12.7. The molecule has 0 aliphatic heterocycles. The van der Waals surface area contributed by atoms with Gasteiger partial charge in [-0.25, -0.2) is 0 Å². The van der Waals surface area contributed by atoms with E-state index in [-0.39, 0.29) is 0 Å². The molecule has 0 aliphatic carbocycles. The zero-order valence-electron chi connectivity index (χ0n) is 12.7. The Kier molecular flexibility index (Phi) is 2.12. The van der Waals surface area contributed by atoms with Crippen LogP contribution >= 0.6 is 0 Å². The van der Waals surface area contributed by atoms with Gasteiger partial charge in [0.25, 0.3) is 0 Å². The second kappa shape index (κ2) is 4.18. The van der Waals surface area contributed by atoms with E-state index < -0.39 is 0 Å². The first kappa shape index (κ1) is 12.2. The van der Waals surface area contributed by atoms with Gasteiger partial charge >= 0.3 is 0 Å². The minimum absolute atomic E-state index is 0.916. The van der Waals surface area contributed by atoms with Crippen LogP contribution in [0, 0.1) is 0 Å². The van der Waals surface area contributed by atoms with Gasteiger partial charge in [0.15, 0.2) is 0 Å². The van der Waals surface area contributed by atoms with Crippen molar-refractivity contribution in [3.63, 3.8) is 0 Å². The molecule has 6 rings (SSSR count). The highest BCUT2D eigenvalue weighted by atomic mass is 16.3. The van der Waals surface area contributed by atoms with Crippen LogP contribution in [-0.4, -0.2) is 0 Å². The summed E-state index contributed by atoms with van der Waals surface area (Å²) in [6.07, 6.45) is 0. The van der Waals surface area contributed by atoms with Crippen molar-refractivity contribution in [3.05, 3.63) is 72.8 Å². The van der Waals surface area contributed by atoms with Crippen LogP contribution in [0.1, 0.15) is 0 Å². The molecule has 0 bridgehead atoms. The van der Waals surface area contributed by atoms with Crippen LogP contribution in [0.25, 0.3) is 54.6 Å². The summed E-state index contributed by atoms with van der Waals surface area (Å²) >= 11 is 0. The van der Waals surface area contributed by atoms with E-state index >= 15 is 0 Å². The molecule has 24 heavy (non-hydrogen) atoms. The van der Waals surface area contributed by atoms with Gasteiger partial charge in [0, 0.05) is 26.9 Å². The van der Waals surface area contributed by atoms with Crippen molar-refractivity contribution < 1.29 is 8.83 Å². The van der Waals surface area contributed by atoms with Crippen LogP contribution in [-0.2, 0) is 0 Å². The van der Waals surface area contributed by atoms with Crippen molar-refractivity contribution in [3.8, 4) is 0 Å². The fraction of sp³-hybridized carbons (Fsp3) is 0. The first-order chi connectivity index (χ1) is 11.9. The molecule has 2 aromatic heterocycles. The Labute approximate surface area is 136 Å². The van der Waals surface area contributed by atoms with Crippen LogP contribution in [0.2, 0.25) is 0 Å². The molecule has 6 aromatic rings. The number of hydrogen-bond donors (Lipinski definition) is 0. The standard InChI is InChI=1S/C22H12O2/c1-3-7-18-13(5-1)15-10-9-14-16(22(15)24-18)11-12-20-21(14)17-6-2-4-8-19(17)23-20/h1-12H. The molecule has 0 atom stereocenters. The number of hydrogen-bond acceptors (Lipinski definition) is 2. The Morgan fingerprint density at radius 2 is 1.04 bits per heavy atom. The van der Waals surface area contributed by atoms with Gasteiger partial charge in [-0.2, -0.15) is 0 Å². The monoisotopic (exact) mass is 308 g/mol. The summed E-state index contributed by atoms with van der Waals surface area (Å²) in [6.45, 7) is 0. The van der Waals surface area contributed by atoms with Crippen LogP contribution in [0.4, 0.5) is 0 Å². The van der Waals surface area contributed by atoms with E-state index in [0.717, 1.165) is 49.3 Å². The molecule has 0 fully saturated rings. The Bertz CT molecular complexity index is 1400. The molecule has 0 amide bonds. The van der Waals surface area contributed by atoms with Gasteiger partial charge in [-0.05, 0) is 35.7 Å². The summed E-state index contributed by atoms with van der Waals surface area (Å²) in [5.74, 6) is 0. The van der Waals surface area contributed by atoms with Gasteiger partial charge in [-0.15, -0.1) is 0 Å². The molecular weight excluding hydrogens is 296 g/mol. The van der Waals surface area contributed by atoms with Gasteiger partial charge in [0.1, 0.15) is 22.3 Å². The molecule has 2 heteroatoms. The molecule has 2 nitrogen and oxygen atoms in total. The molecule has 0 radical (unpaired) electrons. The maximum Gasteiger partial charge on any atom is 0.143 e. The lowest BCUT2D eigenvalue weighted by molar-refractivity contribution is 0.669. The van der Waals surface area contributed by atoms with Crippen molar-refractivity contribution in [2.24, 2.45) is 0 Å². The Morgan fingerprint density at radius 3 is 1.92 bits per heavy atom. The van der Waals surface area contributed by atoms with Crippen LogP contribution in [0.5, 0.6) is 0 Å². The summed E-state index contributed by atoms with van der Waals surface area (Å²) in [5.41, 5.74) is 3.71. The average Bonchev–Trinajstić information content (AvgIpc) is 3.19.